The summed E-state index contributed by atoms with van der Waals surface area (Å²) in [5.74, 6) is -0.128. The van der Waals surface area contributed by atoms with Crippen LogP contribution < -0.4 is 12.4 Å². The van der Waals surface area contributed by atoms with Gasteiger partial charge in [-0.2, -0.15) is 0 Å². The van der Waals surface area contributed by atoms with Crippen LogP contribution in [-0.2, 0) is 9.53 Å². The monoisotopic (exact) mass is 364 g/mol. The SMILES string of the molecule is C=C(C)C(=O)OC(CCCCCCCCCCC)[P+](C)(C)C.[Cl-]. The zero-order chi connectivity index (χ0) is 17.0. The molecule has 0 amide bonds. The van der Waals surface area contributed by atoms with E-state index in [1.54, 1.807) is 6.92 Å². The predicted molar refractivity (Wildman–Crippen MR) is 101 cm³/mol. The summed E-state index contributed by atoms with van der Waals surface area (Å²) in [6.07, 6.45) is 13.0. The maximum atomic E-state index is 11.8. The minimum Gasteiger partial charge on any atom is -1.00 e. The first-order chi connectivity index (χ1) is 10.3. The molecule has 0 N–H and O–H groups in total. The lowest BCUT2D eigenvalue weighted by atomic mass is 10.1. The Balaban J connectivity index is 0. The number of esters is 1. The van der Waals surface area contributed by atoms with E-state index in [1.165, 1.54) is 57.8 Å². The van der Waals surface area contributed by atoms with Crippen molar-refractivity contribution in [2.75, 3.05) is 20.0 Å². The molecule has 138 valence electrons. The summed E-state index contributed by atoms with van der Waals surface area (Å²) in [6, 6.07) is 0. The molecule has 0 saturated carbocycles. The van der Waals surface area contributed by atoms with E-state index in [0.29, 0.717) is 5.57 Å². The Hall–Kier alpha value is -0.0700. The van der Waals surface area contributed by atoms with Crippen molar-refractivity contribution in [3.8, 4) is 0 Å². The molecule has 0 aliphatic carbocycles. The number of hydrogen-bond acceptors (Lipinski definition) is 2. The molecule has 0 fully saturated rings. The number of halogens is 1. The van der Waals surface area contributed by atoms with E-state index < -0.39 is 7.26 Å². The van der Waals surface area contributed by atoms with E-state index in [4.69, 9.17) is 4.74 Å². The third kappa shape index (κ3) is 14.0. The van der Waals surface area contributed by atoms with Gasteiger partial charge < -0.3 is 17.1 Å². The maximum Gasteiger partial charge on any atom is 0.336 e. The predicted octanol–water partition coefficient (Wildman–Crippen LogP) is 3.26. The summed E-state index contributed by atoms with van der Waals surface area (Å²) in [7, 11) is -1.18. The second-order valence-corrected chi connectivity index (χ2v) is 12.2. The molecule has 1 unspecified atom stereocenters. The van der Waals surface area contributed by atoms with Crippen LogP contribution in [0.5, 0.6) is 0 Å². The summed E-state index contributed by atoms with van der Waals surface area (Å²) in [4.78, 5) is 11.8. The minimum absolute atomic E-state index is 0. The van der Waals surface area contributed by atoms with Crippen LogP contribution in [0, 0.1) is 0 Å². The summed E-state index contributed by atoms with van der Waals surface area (Å²) in [6.45, 7) is 14.4. The first-order valence-electron chi connectivity index (χ1n) is 8.96. The molecule has 2 nitrogen and oxygen atoms in total. The van der Waals surface area contributed by atoms with Crippen LogP contribution in [0.25, 0.3) is 0 Å². The van der Waals surface area contributed by atoms with E-state index in [1.807, 2.05) is 0 Å². The van der Waals surface area contributed by atoms with Crippen molar-refractivity contribution < 1.29 is 21.9 Å². The molecule has 23 heavy (non-hydrogen) atoms. The molecule has 1 atom stereocenters. The Morgan fingerprint density at radius 1 is 0.957 bits per heavy atom. The fourth-order valence-electron chi connectivity index (χ4n) is 2.46. The van der Waals surface area contributed by atoms with E-state index in [0.717, 1.165) is 6.42 Å². The highest BCUT2D eigenvalue weighted by Crippen LogP contribution is 2.54. The lowest BCUT2D eigenvalue weighted by Crippen LogP contribution is -3.00. The van der Waals surface area contributed by atoms with Gasteiger partial charge in [-0.25, -0.2) is 4.79 Å². The highest BCUT2D eigenvalue weighted by molar-refractivity contribution is 7.74. The largest absolute Gasteiger partial charge is 1.00 e. The van der Waals surface area contributed by atoms with Gasteiger partial charge in [-0.15, -0.1) is 0 Å². The molecule has 0 aromatic heterocycles. The van der Waals surface area contributed by atoms with Crippen LogP contribution in [0.3, 0.4) is 0 Å². The molecule has 0 aromatic carbocycles. The van der Waals surface area contributed by atoms with Gasteiger partial charge in [0.1, 0.15) is 0 Å². The maximum absolute atomic E-state index is 11.8. The molecular formula is C19H38ClO2P. The molecular weight excluding hydrogens is 327 g/mol. The third-order valence-corrected chi connectivity index (χ3v) is 6.10. The van der Waals surface area contributed by atoms with Crippen LogP contribution in [0.4, 0.5) is 0 Å². The lowest BCUT2D eigenvalue weighted by Gasteiger charge is -2.24. The van der Waals surface area contributed by atoms with Gasteiger partial charge >= 0.3 is 5.97 Å². The molecule has 0 aliphatic heterocycles. The van der Waals surface area contributed by atoms with Gasteiger partial charge in [0.05, 0.1) is 20.0 Å². The number of hydrogen-bond donors (Lipinski definition) is 0. The van der Waals surface area contributed by atoms with E-state index in [9.17, 15) is 4.79 Å². The van der Waals surface area contributed by atoms with Gasteiger partial charge in [0.2, 0.25) is 5.85 Å². The molecule has 0 radical (unpaired) electrons. The highest BCUT2D eigenvalue weighted by atomic mass is 35.5. The van der Waals surface area contributed by atoms with Crippen molar-refractivity contribution in [1.82, 2.24) is 0 Å². The Labute approximate surface area is 151 Å². The standard InChI is InChI=1S/C19H38O2P.ClH/c1-7-8-9-10-11-12-13-14-15-16-18(22(4,5)6)21-19(20)17(2)3;/h18H,2,7-16H2,1,3-6H3;1H/q+1;/p-1. The van der Waals surface area contributed by atoms with Crippen LogP contribution in [0.2, 0.25) is 0 Å². The second kappa shape index (κ2) is 14.3. The molecule has 0 spiro atoms. The number of ether oxygens (including phenoxy) is 1. The Morgan fingerprint density at radius 2 is 1.39 bits per heavy atom. The topological polar surface area (TPSA) is 26.3 Å². The first kappa shape index (κ1) is 25.2. The van der Waals surface area contributed by atoms with Crippen LogP contribution in [0.1, 0.15) is 78.1 Å². The van der Waals surface area contributed by atoms with Crippen molar-refractivity contribution >= 4 is 13.2 Å². The molecule has 0 heterocycles. The average molecular weight is 365 g/mol. The zero-order valence-corrected chi connectivity index (χ0v) is 17.6. The van der Waals surface area contributed by atoms with E-state index in [2.05, 4.69) is 33.5 Å². The van der Waals surface area contributed by atoms with Crippen molar-refractivity contribution in [2.45, 2.75) is 83.9 Å². The summed E-state index contributed by atoms with van der Waals surface area (Å²) in [5.41, 5.74) is 0.505. The van der Waals surface area contributed by atoms with Crippen molar-refractivity contribution in [1.29, 1.82) is 0 Å². The van der Waals surface area contributed by atoms with Crippen LogP contribution in [0.15, 0.2) is 12.2 Å². The fourth-order valence-corrected chi connectivity index (χ4v) is 3.83. The number of carbonyl (C=O) groups is 1. The van der Waals surface area contributed by atoms with Crippen LogP contribution >= 0.6 is 7.26 Å². The number of unbranched alkanes of at least 4 members (excludes halogenated alkanes) is 8. The highest BCUT2D eigenvalue weighted by Gasteiger charge is 2.34. The quantitative estimate of drug-likeness (QED) is 0.217. The molecule has 0 aromatic rings. The van der Waals surface area contributed by atoms with Crippen molar-refractivity contribution in [3.05, 3.63) is 12.2 Å². The van der Waals surface area contributed by atoms with Gasteiger partial charge in [-0.05, 0) is 13.3 Å². The smallest absolute Gasteiger partial charge is 0.336 e. The molecule has 0 saturated heterocycles. The van der Waals surface area contributed by atoms with E-state index in [-0.39, 0.29) is 24.2 Å². The number of carbonyl (C=O) groups excluding carboxylic acids is 1. The van der Waals surface area contributed by atoms with Crippen molar-refractivity contribution in [2.24, 2.45) is 0 Å². The Kier molecular flexibility index (Phi) is 15.6. The molecule has 0 rings (SSSR count). The average Bonchev–Trinajstić information content (AvgIpc) is 2.42. The lowest BCUT2D eigenvalue weighted by molar-refractivity contribution is -0.140. The molecule has 0 bridgehead atoms. The molecule has 0 aliphatic rings. The summed E-state index contributed by atoms with van der Waals surface area (Å²) in [5, 5.41) is 0. The van der Waals surface area contributed by atoms with E-state index >= 15 is 0 Å². The van der Waals surface area contributed by atoms with Gasteiger partial charge in [-0.1, -0.05) is 64.9 Å². The van der Waals surface area contributed by atoms with Gasteiger partial charge in [0, 0.05) is 19.3 Å². The van der Waals surface area contributed by atoms with Gasteiger partial charge in [0.25, 0.3) is 0 Å². The summed E-state index contributed by atoms with van der Waals surface area (Å²) < 4.78 is 5.66. The van der Waals surface area contributed by atoms with Crippen LogP contribution in [-0.4, -0.2) is 31.8 Å². The number of rotatable bonds is 13. The summed E-state index contributed by atoms with van der Waals surface area (Å²) >= 11 is 0. The van der Waals surface area contributed by atoms with Crippen molar-refractivity contribution in [3.63, 3.8) is 0 Å². The minimum atomic E-state index is -1.18. The fraction of sp³-hybridized carbons (Fsp3) is 0.842. The Bertz CT molecular complexity index is 324. The first-order valence-corrected chi connectivity index (χ1v) is 12.2. The third-order valence-electron chi connectivity index (χ3n) is 4.01. The van der Waals surface area contributed by atoms with Gasteiger partial charge in [0.15, 0.2) is 0 Å². The van der Waals surface area contributed by atoms with Gasteiger partial charge in [-0.3, -0.25) is 0 Å². The normalized spacial score (nSPS) is 12.4. The molecule has 4 heteroatoms. The zero-order valence-electron chi connectivity index (χ0n) is 16.0. The Morgan fingerprint density at radius 3 is 1.78 bits per heavy atom. The second-order valence-electron chi connectivity index (χ2n) is 7.37.